The average molecular weight is 361 g/mol. The first-order valence-corrected chi connectivity index (χ1v) is 8.25. The Labute approximate surface area is 146 Å². The first kappa shape index (κ1) is 17.0. The van der Waals surface area contributed by atoms with Gasteiger partial charge in [0.25, 0.3) is 5.91 Å². The van der Waals surface area contributed by atoms with Crippen molar-refractivity contribution in [3.05, 3.63) is 65.0 Å². The van der Waals surface area contributed by atoms with Gasteiger partial charge in [-0.25, -0.2) is 8.78 Å². The zero-order valence-electron chi connectivity index (χ0n) is 12.9. The number of thiophene rings is 1. The van der Waals surface area contributed by atoms with Crippen LogP contribution >= 0.6 is 11.3 Å². The van der Waals surface area contributed by atoms with E-state index in [4.69, 9.17) is 4.74 Å². The summed E-state index contributed by atoms with van der Waals surface area (Å²) >= 11 is 1.57. The summed E-state index contributed by atoms with van der Waals surface area (Å²) in [6.45, 7) is 0.356. The molecule has 0 aliphatic heterocycles. The fourth-order valence-electron chi connectivity index (χ4n) is 2.01. The zero-order valence-corrected chi connectivity index (χ0v) is 13.7. The Morgan fingerprint density at radius 2 is 2.00 bits per heavy atom. The minimum absolute atomic E-state index is 0.0407. The van der Waals surface area contributed by atoms with Gasteiger partial charge in [0.2, 0.25) is 5.88 Å². The van der Waals surface area contributed by atoms with E-state index in [1.165, 1.54) is 6.07 Å². The molecule has 1 N–H and O–H groups in total. The van der Waals surface area contributed by atoms with Crippen LogP contribution in [0.5, 0.6) is 5.88 Å². The number of aromatic nitrogens is 2. The van der Waals surface area contributed by atoms with E-state index in [2.05, 4.69) is 15.5 Å². The average Bonchev–Trinajstić information content (AvgIpc) is 3.16. The minimum Gasteiger partial charge on any atom is -0.475 e. The van der Waals surface area contributed by atoms with E-state index in [0.717, 1.165) is 22.7 Å². The van der Waals surface area contributed by atoms with Gasteiger partial charge in [0.15, 0.2) is 11.6 Å². The second kappa shape index (κ2) is 7.80. The van der Waals surface area contributed by atoms with Gasteiger partial charge in [-0.2, -0.15) is 0 Å². The van der Waals surface area contributed by atoms with Crippen molar-refractivity contribution in [3.63, 3.8) is 0 Å². The summed E-state index contributed by atoms with van der Waals surface area (Å²) in [4.78, 5) is 12.8. The topological polar surface area (TPSA) is 64.1 Å². The van der Waals surface area contributed by atoms with Gasteiger partial charge in [-0.1, -0.05) is 6.07 Å². The molecule has 1 aromatic carbocycles. The Balaban J connectivity index is 1.46. The molecule has 2 heterocycles. The lowest BCUT2D eigenvalue weighted by atomic mass is 10.2. The molecule has 0 bridgehead atoms. The molecule has 0 fully saturated rings. The van der Waals surface area contributed by atoms with Crippen LogP contribution in [-0.4, -0.2) is 29.3 Å². The molecule has 5 nitrogen and oxygen atoms in total. The molecule has 128 valence electrons. The lowest BCUT2D eigenvalue weighted by Crippen LogP contribution is -2.28. The maximum Gasteiger partial charge on any atom is 0.251 e. The van der Waals surface area contributed by atoms with Crippen LogP contribution in [0.4, 0.5) is 8.78 Å². The molecule has 0 saturated heterocycles. The number of hydrogen-bond acceptors (Lipinski definition) is 5. The Morgan fingerprint density at radius 1 is 1.12 bits per heavy atom. The molecular formula is C17H13F2N3O2S. The van der Waals surface area contributed by atoms with E-state index in [9.17, 15) is 13.6 Å². The number of rotatable bonds is 6. The fraction of sp³-hybridized carbons (Fsp3) is 0.118. The monoisotopic (exact) mass is 361 g/mol. The van der Waals surface area contributed by atoms with Gasteiger partial charge in [0.05, 0.1) is 11.4 Å². The molecule has 0 unspecified atom stereocenters. The highest BCUT2D eigenvalue weighted by Gasteiger charge is 2.09. The molecule has 0 aliphatic carbocycles. The van der Waals surface area contributed by atoms with Gasteiger partial charge in [0, 0.05) is 11.6 Å². The molecule has 2 aromatic heterocycles. The van der Waals surface area contributed by atoms with Crippen LogP contribution in [0.3, 0.4) is 0 Å². The lowest BCUT2D eigenvalue weighted by molar-refractivity contribution is 0.0946. The van der Waals surface area contributed by atoms with Crippen molar-refractivity contribution in [2.24, 2.45) is 0 Å². The minimum atomic E-state index is -1.06. The Kier molecular flexibility index (Phi) is 5.30. The molecule has 0 radical (unpaired) electrons. The Hall–Kier alpha value is -2.87. The highest BCUT2D eigenvalue weighted by Crippen LogP contribution is 2.22. The molecule has 0 aliphatic rings. The molecule has 3 rings (SSSR count). The van der Waals surface area contributed by atoms with E-state index in [-0.39, 0.29) is 18.7 Å². The van der Waals surface area contributed by atoms with E-state index < -0.39 is 17.5 Å². The van der Waals surface area contributed by atoms with Crippen LogP contribution in [0.2, 0.25) is 0 Å². The van der Waals surface area contributed by atoms with Crippen LogP contribution in [-0.2, 0) is 0 Å². The van der Waals surface area contributed by atoms with Crippen molar-refractivity contribution >= 4 is 17.2 Å². The van der Waals surface area contributed by atoms with E-state index in [0.29, 0.717) is 5.88 Å². The third-order valence-electron chi connectivity index (χ3n) is 3.23. The third-order valence-corrected chi connectivity index (χ3v) is 4.13. The second-order valence-electron chi connectivity index (χ2n) is 4.97. The van der Waals surface area contributed by atoms with Crippen molar-refractivity contribution in [1.29, 1.82) is 0 Å². The smallest absolute Gasteiger partial charge is 0.251 e. The van der Waals surface area contributed by atoms with Crippen LogP contribution in [0.15, 0.2) is 47.8 Å². The predicted octanol–water partition coefficient (Wildman–Crippen LogP) is 3.29. The van der Waals surface area contributed by atoms with Crippen LogP contribution in [0.1, 0.15) is 10.4 Å². The van der Waals surface area contributed by atoms with E-state index >= 15 is 0 Å². The number of carbonyl (C=O) groups is 1. The predicted molar refractivity (Wildman–Crippen MR) is 89.5 cm³/mol. The van der Waals surface area contributed by atoms with Crippen LogP contribution < -0.4 is 10.1 Å². The number of nitrogens with zero attached hydrogens (tertiary/aromatic N) is 2. The van der Waals surface area contributed by atoms with Crippen LogP contribution in [0, 0.1) is 11.6 Å². The molecule has 0 saturated carbocycles. The maximum atomic E-state index is 13.1. The number of amides is 1. The van der Waals surface area contributed by atoms with Gasteiger partial charge in [-0.05, 0) is 35.7 Å². The molecule has 8 heteroatoms. The molecule has 3 aromatic rings. The van der Waals surface area contributed by atoms with Gasteiger partial charge >= 0.3 is 0 Å². The summed E-state index contributed by atoms with van der Waals surface area (Å²) in [5.41, 5.74) is 0.799. The zero-order chi connectivity index (χ0) is 17.6. The normalized spacial score (nSPS) is 10.5. The summed E-state index contributed by atoms with van der Waals surface area (Å²) in [5, 5.41) is 12.5. The summed E-state index contributed by atoms with van der Waals surface area (Å²) in [6.07, 6.45) is 0. The van der Waals surface area contributed by atoms with E-state index in [1.54, 1.807) is 23.5 Å². The fourth-order valence-corrected chi connectivity index (χ4v) is 2.70. The molecule has 0 atom stereocenters. The van der Waals surface area contributed by atoms with Gasteiger partial charge < -0.3 is 10.1 Å². The maximum absolute atomic E-state index is 13.1. The number of hydrogen-bond donors (Lipinski definition) is 1. The van der Waals surface area contributed by atoms with Crippen molar-refractivity contribution in [2.75, 3.05) is 13.2 Å². The highest BCUT2D eigenvalue weighted by molar-refractivity contribution is 7.13. The summed E-state index contributed by atoms with van der Waals surface area (Å²) < 4.78 is 31.3. The van der Waals surface area contributed by atoms with Crippen molar-refractivity contribution in [2.45, 2.75) is 0 Å². The van der Waals surface area contributed by atoms with Crippen molar-refractivity contribution in [1.82, 2.24) is 15.5 Å². The van der Waals surface area contributed by atoms with Gasteiger partial charge in [-0.15, -0.1) is 21.5 Å². The first-order chi connectivity index (χ1) is 12.1. The third kappa shape index (κ3) is 4.36. The molecule has 25 heavy (non-hydrogen) atoms. The lowest BCUT2D eigenvalue weighted by Gasteiger charge is -2.07. The van der Waals surface area contributed by atoms with Gasteiger partial charge in [-0.3, -0.25) is 4.79 Å². The number of carbonyl (C=O) groups excluding carboxylic acids is 1. The Bertz CT molecular complexity index is 855. The summed E-state index contributed by atoms with van der Waals surface area (Å²) in [5.74, 6) is -2.24. The molecule has 1 amide bonds. The van der Waals surface area contributed by atoms with Crippen LogP contribution in [0.25, 0.3) is 10.6 Å². The number of ether oxygens (including phenoxy) is 1. The largest absolute Gasteiger partial charge is 0.475 e. The summed E-state index contributed by atoms with van der Waals surface area (Å²) in [7, 11) is 0. The quantitative estimate of drug-likeness (QED) is 0.685. The standard InChI is InChI=1S/C17H13F2N3O2S/c18-12-4-3-11(10-13(12)19)17(23)20-7-8-24-16-6-5-14(21-22-16)15-2-1-9-25-15/h1-6,9-10H,7-8H2,(H,20,23). The van der Waals surface area contributed by atoms with E-state index in [1.807, 2.05) is 17.5 Å². The van der Waals surface area contributed by atoms with Crippen molar-refractivity contribution < 1.29 is 18.3 Å². The number of nitrogens with one attached hydrogen (secondary N) is 1. The Morgan fingerprint density at radius 3 is 2.68 bits per heavy atom. The van der Waals surface area contributed by atoms with Crippen molar-refractivity contribution in [3.8, 4) is 16.5 Å². The second-order valence-corrected chi connectivity index (χ2v) is 5.92. The van der Waals surface area contributed by atoms with Gasteiger partial charge in [0.1, 0.15) is 12.3 Å². The summed E-state index contributed by atoms with van der Waals surface area (Å²) in [6, 6.07) is 10.3. The number of halogens is 2. The molecular weight excluding hydrogens is 348 g/mol. The number of benzene rings is 1. The SMILES string of the molecule is O=C(NCCOc1ccc(-c2cccs2)nn1)c1ccc(F)c(F)c1. The highest BCUT2D eigenvalue weighted by atomic mass is 32.1. The first-order valence-electron chi connectivity index (χ1n) is 7.37. The molecule has 0 spiro atoms.